The second kappa shape index (κ2) is 9.82. The molecule has 0 radical (unpaired) electrons. The minimum atomic E-state index is 0.275. The molecule has 1 unspecified atom stereocenters. The first-order valence-corrected chi connectivity index (χ1v) is 7.32. The van der Waals surface area contributed by atoms with Gasteiger partial charge < -0.3 is 14.8 Å². The smallest absolute Gasteiger partial charge is 0.124 e. The summed E-state index contributed by atoms with van der Waals surface area (Å²) in [7, 11) is 0. The number of ether oxygens (including phenoxy) is 2. The Morgan fingerprint density at radius 2 is 1.95 bits per heavy atom. The third-order valence-electron chi connectivity index (χ3n) is 3.02. The van der Waals surface area contributed by atoms with Crippen LogP contribution < -0.4 is 10.1 Å². The molecule has 1 N–H and O–H groups in total. The second-order valence-electron chi connectivity index (χ2n) is 4.61. The van der Waals surface area contributed by atoms with E-state index in [1.165, 1.54) is 12.0 Å². The Labute approximate surface area is 117 Å². The van der Waals surface area contributed by atoms with Crippen LogP contribution in [0.2, 0.25) is 0 Å². The fourth-order valence-electron chi connectivity index (χ4n) is 1.93. The maximum absolute atomic E-state index is 5.65. The molecule has 0 amide bonds. The van der Waals surface area contributed by atoms with Crippen LogP contribution in [0.3, 0.4) is 0 Å². The standard InChI is InChI=1S/C16H27NO2/c1-4-6-12-18-13-11-17-14(3)15-9-7-8-10-16(15)19-5-2/h7-10,14,17H,4-6,11-13H2,1-3H3. The Bertz CT molecular complexity index is 341. The topological polar surface area (TPSA) is 30.5 Å². The highest BCUT2D eigenvalue weighted by Gasteiger charge is 2.09. The quantitative estimate of drug-likeness (QED) is 0.656. The van der Waals surface area contributed by atoms with Crippen molar-refractivity contribution in [2.45, 2.75) is 39.7 Å². The van der Waals surface area contributed by atoms with Crippen LogP contribution in [-0.4, -0.2) is 26.4 Å². The first-order valence-electron chi connectivity index (χ1n) is 7.32. The fourth-order valence-corrected chi connectivity index (χ4v) is 1.93. The monoisotopic (exact) mass is 265 g/mol. The lowest BCUT2D eigenvalue weighted by Gasteiger charge is -2.18. The van der Waals surface area contributed by atoms with Gasteiger partial charge >= 0.3 is 0 Å². The summed E-state index contributed by atoms with van der Waals surface area (Å²) in [5.74, 6) is 0.969. The van der Waals surface area contributed by atoms with Crippen LogP contribution >= 0.6 is 0 Å². The number of benzene rings is 1. The summed E-state index contributed by atoms with van der Waals surface area (Å²) in [4.78, 5) is 0. The van der Waals surface area contributed by atoms with Gasteiger partial charge in [-0.3, -0.25) is 0 Å². The van der Waals surface area contributed by atoms with Gasteiger partial charge in [0.25, 0.3) is 0 Å². The number of nitrogens with one attached hydrogen (secondary N) is 1. The molecule has 1 aromatic carbocycles. The number of hydrogen-bond donors (Lipinski definition) is 1. The van der Waals surface area contributed by atoms with Gasteiger partial charge in [-0.1, -0.05) is 31.5 Å². The van der Waals surface area contributed by atoms with Crippen molar-refractivity contribution in [3.8, 4) is 5.75 Å². The van der Waals surface area contributed by atoms with Gasteiger partial charge in [-0.25, -0.2) is 0 Å². The lowest BCUT2D eigenvalue weighted by atomic mass is 10.1. The van der Waals surface area contributed by atoms with E-state index in [0.29, 0.717) is 6.61 Å². The molecular weight excluding hydrogens is 238 g/mol. The highest BCUT2D eigenvalue weighted by atomic mass is 16.5. The first kappa shape index (κ1) is 16.0. The minimum Gasteiger partial charge on any atom is -0.494 e. The summed E-state index contributed by atoms with van der Waals surface area (Å²) in [6.45, 7) is 9.53. The van der Waals surface area contributed by atoms with E-state index < -0.39 is 0 Å². The zero-order valence-electron chi connectivity index (χ0n) is 12.4. The fraction of sp³-hybridized carbons (Fsp3) is 0.625. The molecule has 108 valence electrons. The molecule has 3 nitrogen and oxygen atoms in total. The Balaban J connectivity index is 2.34. The average Bonchev–Trinajstić information content (AvgIpc) is 2.43. The lowest BCUT2D eigenvalue weighted by molar-refractivity contribution is 0.131. The molecule has 0 aliphatic heterocycles. The molecule has 0 bridgehead atoms. The van der Waals surface area contributed by atoms with Gasteiger partial charge in [0.05, 0.1) is 13.2 Å². The zero-order chi connectivity index (χ0) is 13.9. The number of para-hydroxylation sites is 1. The van der Waals surface area contributed by atoms with Gasteiger partial charge in [-0.05, 0) is 26.3 Å². The second-order valence-corrected chi connectivity index (χ2v) is 4.61. The van der Waals surface area contributed by atoms with E-state index in [1.807, 2.05) is 25.1 Å². The van der Waals surface area contributed by atoms with Gasteiger partial charge in [0.15, 0.2) is 0 Å². The molecule has 3 heteroatoms. The largest absolute Gasteiger partial charge is 0.494 e. The highest BCUT2D eigenvalue weighted by molar-refractivity contribution is 5.35. The third-order valence-corrected chi connectivity index (χ3v) is 3.02. The van der Waals surface area contributed by atoms with Crippen LogP contribution in [0.1, 0.15) is 45.2 Å². The van der Waals surface area contributed by atoms with Gasteiger partial charge in [0.2, 0.25) is 0 Å². The summed E-state index contributed by atoms with van der Waals surface area (Å²) in [6.07, 6.45) is 2.33. The Kier molecular flexibility index (Phi) is 8.26. The van der Waals surface area contributed by atoms with Crippen molar-refractivity contribution in [1.29, 1.82) is 0 Å². The van der Waals surface area contributed by atoms with Crippen molar-refractivity contribution in [3.05, 3.63) is 29.8 Å². The van der Waals surface area contributed by atoms with Crippen LogP contribution in [0, 0.1) is 0 Å². The molecule has 1 rings (SSSR count). The minimum absolute atomic E-state index is 0.275. The molecule has 0 aliphatic carbocycles. The van der Waals surface area contributed by atoms with E-state index in [-0.39, 0.29) is 6.04 Å². The SMILES string of the molecule is CCCCOCCNC(C)c1ccccc1OCC. The van der Waals surface area contributed by atoms with E-state index in [0.717, 1.165) is 31.9 Å². The van der Waals surface area contributed by atoms with Crippen LogP contribution in [-0.2, 0) is 4.74 Å². The van der Waals surface area contributed by atoms with Crippen molar-refractivity contribution < 1.29 is 9.47 Å². The van der Waals surface area contributed by atoms with Crippen molar-refractivity contribution in [2.75, 3.05) is 26.4 Å². The molecule has 0 spiro atoms. The maximum Gasteiger partial charge on any atom is 0.124 e. The first-order chi connectivity index (χ1) is 9.29. The van der Waals surface area contributed by atoms with E-state index in [2.05, 4.69) is 25.2 Å². The van der Waals surface area contributed by atoms with Crippen molar-refractivity contribution in [2.24, 2.45) is 0 Å². The summed E-state index contributed by atoms with van der Waals surface area (Å²) in [5.41, 5.74) is 1.21. The van der Waals surface area contributed by atoms with Crippen LogP contribution in [0.4, 0.5) is 0 Å². The molecule has 0 saturated carbocycles. The normalized spacial score (nSPS) is 12.4. The molecule has 0 saturated heterocycles. The van der Waals surface area contributed by atoms with Crippen molar-refractivity contribution >= 4 is 0 Å². The predicted octanol–water partition coefficient (Wildman–Crippen LogP) is 3.55. The summed E-state index contributed by atoms with van der Waals surface area (Å²) >= 11 is 0. The predicted molar refractivity (Wildman–Crippen MR) is 79.8 cm³/mol. The Morgan fingerprint density at radius 3 is 2.68 bits per heavy atom. The zero-order valence-corrected chi connectivity index (χ0v) is 12.4. The third kappa shape index (κ3) is 6.08. The number of unbranched alkanes of at least 4 members (excludes halogenated alkanes) is 1. The molecule has 1 aromatic rings. The molecular formula is C16H27NO2. The van der Waals surface area contributed by atoms with Crippen molar-refractivity contribution in [3.63, 3.8) is 0 Å². The number of hydrogen-bond acceptors (Lipinski definition) is 3. The van der Waals surface area contributed by atoms with Crippen LogP contribution in [0.25, 0.3) is 0 Å². The summed E-state index contributed by atoms with van der Waals surface area (Å²) < 4.78 is 11.2. The van der Waals surface area contributed by atoms with E-state index in [4.69, 9.17) is 9.47 Å². The van der Waals surface area contributed by atoms with Gasteiger partial charge in [0, 0.05) is 24.8 Å². The average molecular weight is 265 g/mol. The van der Waals surface area contributed by atoms with Gasteiger partial charge in [-0.2, -0.15) is 0 Å². The maximum atomic E-state index is 5.65. The molecule has 19 heavy (non-hydrogen) atoms. The van der Waals surface area contributed by atoms with E-state index >= 15 is 0 Å². The van der Waals surface area contributed by atoms with Gasteiger partial charge in [-0.15, -0.1) is 0 Å². The van der Waals surface area contributed by atoms with Gasteiger partial charge in [0.1, 0.15) is 5.75 Å². The highest BCUT2D eigenvalue weighted by Crippen LogP contribution is 2.24. The lowest BCUT2D eigenvalue weighted by Crippen LogP contribution is -2.24. The molecule has 0 fully saturated rings. The summed E-state index contributed by atoms with van der Waals surface area (Å²) in [5, 5.41) is 3.47. The molecule has 0 aromatic heterocycles. The van der Waals surface area contributed by atoms with Crippen molar-refractivity contribution in [1.82, 2.24) is 5.32 Å². The molecule has 1 atom stereocenters. The number of rotatable bonds is 10. The van der Waals surface area contributed by atoms with Crippen LogP contribution in [0.5, 0.6) is 5.75 Å². The Hall–Kier alpha value is -1.06. The Morgan fingerprint density at radius 1 is 1.16 bits per heavy atom. The van der Waals surface area contributed by atoms with E-state index in [1.54, 1.807) is 0 Å². The van der Waals surface area contributed by atoms with Crippen LogP contribution in [0.15, 0.2) is 24.3 Å². The summed E-state index contributed by atoms with van der Waals surface area (Å²) in [6, 6.07) is 8.47. The molecule has 0 aliphatic rings. The molecule has 0 heterocycles. The van der Waals surface area contributed by atoms with E-state index in [9.17, 15) is 0 Å².